The molecule has 106 valence electrons. The first-order valence-electron chi connectivity index (χ1n) is 6.36. The molecule has 0 bridgehead atoms. The van der Waals surface area contributed by atoms with Crippen molar-refractivity contribution in [2.45, 2.75) is 23.8 Å². The van der Waals surface area contributed by atoms with E-state index in [2.05, 4.69) is 19.9 Å². The standard InChI is InChI=1S/C12H20N4O2S/c1-13-12-9-11(5-6-14-12)19(17,18)15-7-8-16(2)10-3-4-10/h5-6,9-10,15H,3-4,7-8H2,1-2H3,(H,13,14). The number of hydrogen-bond acceptors (Lipinski definition) is 5. The third-order valence-corrected chi connectivity index (χ3v) is 4.68. The SMILES string of the molecule is CNc1cc(S(=O)(=O)NCCN(C)C2CC2)ccn1. The van der Waals surface area contributed by atoms with Crippen LogP contribution in [0.25, 0.3) is 0 Å². The minimum Gasteiger partial charge on any atom is -0.373 e. The Hall–Kier alpha value is -1.18. The predicted molar refractivity (Wildman–Crippen MR) is 74.6 cm³/mol. The molecule has 2 rings (SSSR count). The Morgan fingerprint density at radius 3 is 2.84 bits per heavy atom. The molecule has 0 amide bonds. The van der Waals surface area contributed by atoms with Crippen LogP contribution in [-0.4, -0.2) is 51.5 Å². The lowest BCUT2D eigenvalue weighted by Gasteiger charge is -2.15. The molecular weight excluding hydrogens is 264 g/mol. The van der Waals surface area contributed by atoms with Gasteiger partial charge in [-0.05, 0) is 26.0 Å². The summed E-state index contributed by atoms with van der Waals surface area (Å²) in [5.41, 5.74) is 0. The highest BCUT2D eigenvalue weighted by molar-refractivity contribution is 7.89. The average molecular weight is 284 g/mol. The molecule has 1 aliphatic carbocycles. The van der Waals surface area contributed by atoms with Gasteiger partial charge < -0.3 is 10.2 Å². The molecule has 1 saturated carbocycles. The van der Waals surface area contributed by atoms with Crippen molar-refractivity contribution in [2.75, 3.05) is 32.5 Å². The Morgan fingerprint density at radius 2 is 2.21 bits per heavy atom. The van der Waals surface area contributed by atoms with Crippen molar-refractivity contribution in [1.82, 2.24) is 14.6 Å². The third kappa shape index (κ3) is 3.89. The van der Waals surface area contributed by atoms with Gasteiger partial charge in [0.05, 0.1) is 4.90 Å². The molecule has 2 N–H and O–H groups in total. The van der Waals surface area contributed by atoms with E-state index in [1.54, 1.807) is 7.05 Å². The van der Waals surface area contributed by atoms with Crippen LogP contribution >= 0.6 is 0 Å². The van der Waals surface area contributed by atoms with Gasteiger partial charge >= 0.3 is 0 Å². The van der Waals surface area contributed by atoms with Crippen molar-refractivity contribution in [2.24, 2.45) is 0 Å². The highest BCUT2D eigenvalue weighted by atomic mass is 32.2. The summed E-state index contributed by atoms with van der Waals surface area (Å²) in [5, 5.41) is 2.83. The van der Waals surface area contributed by atoms with Gasteiger partial charge in [0.15, 0.2) is 0 Å². The van der Waals surface area contributed by atoms with Gasteiger partial charge in [0, 0.05) is 38.4 Å². The maximum Gasteiger partial charge on any atom is 0.240 e. The average Bonchev–Trinajstić information content (AvgIpc) is 3.23. The number of hydrogen-bond donors (Lipinski definition) is 2. The van der Waals surface area contributed by atoms with Crippen molar-refractivity contribution in [3.05, 3.63) is 18.3 Å². The zero-order valence-corrected chi connectivity index (χ0v) is 12.1. The van der Waals surface area contributed by atoms with Crippen molar-refractivity contribution >= 4 is 15.8 Å². The number of rotatable bonds is 7. The van der Waals surface area contributed by atoms with E-state index in [-0.39, 0.29) is 4.90 Å². The molecule has 0 saturated heterocycles. The quantitative estimate of drug-likeness (QED) is 0.762. The molecule has 6 nitrogen and oxygen atoms in total. The molecule has 1 fully saturated rings. The summed E-state index contributed by atoms with van der Waals surface area (Å²) in [6.45, 7) is 1.15. The van der Waals surface area contributed by atoms with Gasteiger partial charge in [-0.2, -0.15) is 0 Å². The summed E-state index contributed by atoms with van der Waals surface area (Å²) >= 11 is 0. The minimum atomic E-state index is -3.45. The number of anilines is 1. The van der Waals surface area contributed by atoms with E-state index < -0.39 is 10.0 Å². The van der Waals surface area contributed by atoms with E-state index in [1.165, 1.54) is 31.2 Å². The number of sulfonamides is 1. The fourth-order valence-electron chi connectivity index (χ4n) is 1.85. The van der Waals surface area contributed by atoms with E-state index in [4.69, 9.17) is 0 Å². The largest absolute Gasteiger partial charge is 0.373 e. The van der Waals surface area contributed by atoms with Crippen LogP contribution in [0.4, 0.5) is 5.82 Å². The van der Waals surface area contributed by atoms with Crippen molar-refractivity contribution < 1.29 is 8.42 Å². The van der Waals surface area contributed by atoms with E-state index in [0.717, 1.165) is 6.54 Å². The molecule has 1 aromatic heterocycles. The fraction of sp³-hybridized carbons (Fsp3) is 0.583. The van der Waals surface area contributed by atoms with Gasteiger partial charge in [-0.3, -0.25) is 0 Å². The normalized spacial score (nSPS) is 15.7. The fourth-order valence-corrected chi connectivity index (χ4v) is 2.89. The minimum absolute atomic E-state index is 0.237. The maximum absolute atomic E-state index is 12.1. The van der Waals surface area contributed by atoms with Crippen LogP contribution in [0.15, 0.2) is 23.2 Å². The first-order chi connectivity index (χ1) is 9.03. The Labute approximate surface area is 114 Å². The third-order valence-electron chi connectivity index (χ3n) is 3.22. The molecule has 19 heavy (non-hydrogen) atoms. The number of nitrogens with one attached hydrogen (secondary N) is 2. The first-order valence-corrected chi connectivity index (χ1v) is 7.85. The molecule has 0 aromatic carbocycles. The maximum atomic E-state index is 12.1. The number of aromatic nitrogens is 1. The summed E-state index contributed by atoms with van der Waals surface area (Å²) in [6.07, 6.45) is 3.93. The Bertz CT molecular complexity index is 528. The molecule has 0 aliphatic heterocycles. The number of nitrogens with zero attached hydrogens (tertiary/aromatic N) is 2. The second-order valence-corrected chi connectivity index (χ2v) is 6.50. The van der Waals surface area contributed by atoms with E-state index in [0.29, 0.717) is 18.4 Å². The lowest BCUT2D eigenvalue weighted by Crippen LogP contribution is -2.34. The molecular formula is C12H20N4O2S. The van der Waals surface area contributed by atoms with Crippen LogP contribution in [0.3, 0.4) is 0 Å². The summed E-state index contributed by atoms with van der Waals surface area (Å²) in [6, 6.07) is 3.65. The molecule has 0 radical (unpaired) electrons. The highest BCUT2D eigenvalue weighted by Crippen LogP contribution is 2.24. The zero-order chi connectivity index (χ0) is 13.9. The lowest BCUT2D eigenvalue weighted by molar-refractivity contribution is 0.329. The second-order valence-electron chi connectivity index (χ2n) is 4.74. The monoisotopic (exact) mass is 284 g/mol. The summed E-state index contributed by atoms with van der Waals surface area (Å²) in [4.78, 5) is 6.43. The number of likely N-dealkylation sites (N-methyl/N-ethyl adjacent to an activating group) is 1. The van der Waals surface area contributed by atoms with Crippen molar-refractivity contribution in [3.63, 3.8) is 0 Å². The van der Waals surface area contributed by atoms with E-state index >= 15 is 0 Å². The molecule has 0 spiro atoms. The summed E-state index contributed by atoms with van der Waals surface area (Å²) in [5.74, 6) is 0.540. The smallest absolute Gasteiger partial charge is 0.240 e. The highest BCUT2D eigenvalue weighted by Gasteiger charge is 2.25. The summed E-state index contributed by atoms with van der Waals surface area (Å²) in [7, 11) is 0.280. The Morgan fingerprint density at radius 1 is 1.47 bits per heavy atom. The van der Waals surface area contributed by atoms with Crippen LogP contribution in [0.5, 0.6) is 0 Å². The Balaban J connectivity index is 1.93. The van der Waals surface area contributed by atoms with Crippen LogP contribution < -0.4 is 10.0 Å². The van der Waals surface area contributed by atoms with Crippen molar-refractivity contribution in [1.29, 1.82) is 0 Å². The molecule has 1 aliphatic rings. The van der Waals surface area contributed by atoms with Gasteiger partial charge in [-0.1, -0.05) is 0 Å². The predicted octanol–water partition coefficient (Wildman–Crippen LogP) is 0.496. The van der Waals surface area contributed by atoms with Gasteiger partial charge in [-0.25, -0.2) is 18.1 Å². The summed E-state index contributed by atoms with van der Waals surface area (Å²) < 4.78 is 26.8. The van der Waals surface area contributed by atoms with E-state index in [1.807, 2.05) is 7.05 Å². The molecule has 7 heteroatoms. The molecule has 1 heterocycles. The molecule has 1 aromatic rings. The first kappa shape index (κ1) is 14.2. The van der Waals surface area contributed by atoms with E-state index in [9.17, 15) is 8.42 Å². The van der Waals surface area contributed by atoms with Gasteiger partial charge in [0.2, 0.25) is 10.0 Å². The van der Waals surface area contributed by atoms with Crippen LogP contribution in [0.1, 0.15) is 12.8 Å². The Kier molecular flexibility index (Phi) is 4.38. The second kappa shape index (κ2) is 5.85. The zero-order valence-electron chi connectivity index (χ0n) is 11.3. The van der Waals surface area contributed by atoms with Crippen LogP contribution in [-0.2, 0) is 10.0 Å². The van der Waals surface area contributed by atoms with Gasteiger partial charge in [0.25, 0.3) is 0 Å². The topological polar surface area (TPSA) is 74.3 Å². The number of pyridine rings is 1. The van der Waals surface area contributed by atoms with Crippen LogP contribution in [0, 0.1) is 0 Å². The molecule has 0 atom stereocenters. The lowest BCUT2D eigenvalue weighted by atomic mass is 10.5. The molecule has 0 unspecified atom stereocenters. The van der Waals surface area contributed by atoms with Gasteiger partial charge in [0.1, 0.15) is 5.82 Å². The van der Waals surface area contributed by atoms with Gasteiger partial charge in [-0.15, -0.1) is 0 Å². The van der Waals surface area contributed by atoms with Crippen LogP contribution in [0.2, 0.25) is 0 Å². The van der Waals surface area contributed by atoms with Crippen molar-refractivity contribution in [3.8, 4) is 0 Å².